The third-order valence-electron chi connectivity index (χ3n) is 2.77. The van der Waals surface area contributed by atoms with Gasteiger partial charge in [0.25, 0.3) is 5.70 Å². The van der Waals surface area contributed by atoms with Crippen LogP contribution in [0.2, 0.25) is 0 Å². The van der Waals surface area contributed by atoms with Gasteiger partial charge in [-0.05, 0) is 12.0 Å². The van der Waals surface area contributed by atoms with E-state index < -0.39 is 4.92 Å². The third kappa shape index (κ3) is 3.56. The van der Waals surface area contributed by atoms with Crippen molar-refractivity contribution >= 4 is 0 Å². The van der Waals surface area contributed by atoms with Crippen LogP contribution < -0.4 is 0 Å². The summed E-state index contributed by atoms with van der Waals surface area (Å²) in [4.78, 5) is 10.1. The minimum atomic E-state index is -0.402. The van der Waals surface area contributed by atoms with Crippen LogP contribution >= 0.6 is 0 Å². The van der Waals surface area contributed by atoms with E-state index in [0.717, 1.165) is 5.56 Å². The molecule has 0 saturated carbocycles. The Hall–Kier alpha value is -1.88. The lowest BCUT2D eigenvalue weighted by atomic mass is 10.1. The fourth-order valence-corrected chi connectivity index (χ4v) is 1.75. The minimum Gasteiger partial charge on any atom is -0.489 e. The summed E-state index contributed by atoms with van der Waals surface area (Å²) in [6.07, 6.45) is 2.21. The van der Waals surface area contributed by atoms with Gasteiger partial charge in [-0.1, -0.05) is 30.3 Å². The number of nitrogens with zero attached hydrogens (tertiary/aromatic N) is 1. The van der Waals surface area contributed by atoms with Gasteiger partial charge in [0.15, 0.2) is 6.26 Å². The SMILES string of the molecule is O=[N+]([O-])C1=COC(COCc2ccccc2)CC1. The van der Waals surface area contributed by atoms with Crippen molar-refractivity contribution in [1.82, 2.24) is 0 Å². The Bertz CT molecular complexity index is 430. The Morgan fingerprint density at radius 2 is 2.17 bits per heavy atom. The molecule has 96 valence electrons. The molecule has 0 spiro atoms. The van der Waals surface area contributed by atoms with E-state index in [-0.39, 0.29) is 11.8 Å². The van der Waals surface area contributed by atoms with Gasteiger partial charge in [-0.15, -0.1) is 0 Å². The van der Waals surface area contributed by atoms with Gasteiger partial charge < -0.3 is 9.47 Å². The molecule has 1 unspecified atom stereocenters. The lowest BCUT2D eigenvalue weighted by Gasteiger charge is -2.19. The molecule has 1 atom stereocenters. The molecule has 1 aromatic rings. The molecule has 5 heteroatoms. The van der Waals surface area contributed by atoms with E-state index in [0.29, 0.717) is 26.1 Å². The van der Waals surface area contributed by atoms with Crippen LogP contribution in [-0.4, -0.2) is 17.6 Å². The van der Waals surface area contributed by atoms with Crippen LogP contribution in [0.4, 0.5) is 0 Å². The summed E-state index contributed by atoms with van der Waals surface area (Å²) in [5.41, 5.74) is 1.24. The quantitative estimate of drug-likeness (QED) is 0.594. The van der Waals surface area contributed by atoms with E-state index in [9.17, 15) is 10.1 Å². The second kappa shape index (κ2) is 6.16. The highest BCUT2D eigenvalue weighted by molar-refractivity contribution is 5.13. The number of allylic oxidation sites excluding steroid dienone is 1. The van der Waals surface area contributed by atoms with E-state index in [1.165, 1.54) is 6.26 Å². The Labute approximate surface area is 105 Å². The van der Waals surface area contributed by atoms with Crippen molar-refractivity contribution in [1.29, 1.82) is 0 Å². The number of hydrogen-bond acceptors (Lipinski definition) is 4. The summed E-state index contributed by atoms with van der Waals surface area (Å²) in [7, 11) is 0. The summed E-state index contributed by atoms with van der Waals surface area (Å²) in [5, 5.41) is 10.5. The molecule has 0 saturated heterocycles. The average Bonchev–Trinajstić information content (AvgIpc) is 2.40. The first-order valence-electron chi connectivity index (χ1n) is 5.86. The second-order valence-electron chi connectivity index (χ2n) is 4.16. The lowest BCUT2D eigenvalue weighted by molar-refractivity contribution is -0.432. The maximum absolute atomic E-state index is 10.5. The number of nitro groups is 1. The van der Waals surface area contributed by atoms with Crippen LogP contribution in [0.5, 0.6) is 0 Å². The zero-order chi connectivity index (χ0) is 12.8. The van der Waals surface area contributed by atoms with E-state index in [1.54, 1.807) is 0 Å². The molecule has 0 aliphatic carbocycles. The van der Waals surface area contributed by atoms with Gasteiger partial charge >= 0.3 is 0 Å². The van der Waals surface area contributed by atoms with Crippen LogP contribution in [0, 0.1) is 10.1 Å². The highest BCUT2D eigenvalue weighted by Crippen LogP contribution is 2.18. The smallest absolute Gasteiger partial charge is 0.280 e. The summed E-state index contributed by atoms with van der Waals surface area (Å²) >= 11 is 0. The largest absolute Gasteiger partial charge is 0.489 e. The molecule has 2 rings (SSSR count). The molecule has 0 fully saturated rings. The zero-order valence-electron chi connectivity index (χ0n) is 9.95. The third-order valence-corrected chi connectivity index (χ3v) is 2.77. The first-order chi connectivity index (χ1) is 8.75. The molecule has 1 aliphatic rings. The number of benzene rings is 1. The van der Waals surface area contributed by atoms with Crippen molar-refractivity contribution in [2.24, 2.45) is 0 Å². The molecule has 0 aromatic heterocycles. The lowest BCUT2D eigenvalue weighted by Crippen LogP contribution is -2.22. The normalized spacial score (nSPS) is 18.9. The molecule has 5 nitrogen and oxygen atoms in total. The van der Waals surface area contributed by atoms with Crippen LogP contribution in [-0.2, 0) is 16.1 Å². The predicted molar refractivity (Wildman–Crippen MR) is 65.3 cm³/mol. The Morgan fingerprint density at radius 3 is 2.78 bits per heavy atom. The standard InChI is InChI=1S/C13H15NO4/c15-14(16)12-6-7-13(18-9-12)10-17-8-11-4-2-1-3-5-11/h1-5,9,13H,6-8,10H2. The Morgan fingerprint density at radius 1 is 1.39 bits per heavy atom. The van der Waals surface area contributed by atoms with Gasteiger partial charge in [-0.25, -0.2) is 0 Å². The van der Waals surface area contributed by atoms with E-state index >= 15 is 0 Å². The summed E-state index contributed by atoms with van der Waals surface area (Å²) in [6, 6.07) is 9.86. The molecular weight excluding hydrogens is 234 g/mol. The first-order valence-corrected chi connectivity index (χ1v) is 5.86. The van der Waals surface area contributed by atoms with Crippen molar-refractivity contribution in [2.45, 2.75) is 25.6 Å². The molecule has 1 aliphatic heterocycles. The van der Waals surface area contributed by atoms with Gasteiger partial charge in [-0.2, -0.15) is 0 Å². The first kappa shape index (κ1) is 12.6. The van der Waals surface area contributed by atoms with E-state index in [2.05, 4.69) is 0 Å². The molecule has 0 N–H and O–H groups in total. The number of hydrogen-bond donors (Lipinski definition) is 0. The fraction of sp³-hybridized carbons (Fsp3) is 0.385. The van der Waals surface area contributed by atoms with Crippen LogP contribution in [0.1, 0.15) is 18.4 Å². The van der Waals surface area contributed by atoms with Crippen molar-refractivity contribution in [3.05, 3.63) is 58.0 Å². The molecular formula is C13H15NO4. The van der Waals surface area contributed by atoms with Crippen molar-refractivity contribution in [2.75, 3.05) is 6.61 Å². The average molecular weight is 249 g/mol. The van der Waals surface area contributed by atoms with Gasteiger partial charge in [0, 0.05) is 6.42 Å². The van der Waals surface area contributed by atoms with Gasteiger partial charge in [0.05, 0.1) is 18.1 Å². The monoisotopic (exact) mass is 249 g/mol. The molecule has 1 aromatic carbocycles. The fourth-order valence-electron chi connectivity index (χ4n) is 1.75. The molecule has 0 radical (unpaired) electrons. The van der Waals surface area contributed by atoms with Crippen molar-refractivity contribution < 1.29 is 14.4 Å². The maximum atomic E-state index is 10.5. The summed E-state index contributed by atoms with van der Waals surface area (Å²) < 4.78 is 10.8. The predicted octanol–water partition coefficient (Wildman–Crippen LogP) is 2.50. The van der Waals surface area contributed by atoms with Gasteiger partial charge in [0.1, 0.15) is 6.10 Å². The number of ether oxygens (including phenoxy) is 2. The molecule has 0 bridgehead atoms. The zero-order valence-corrected chi connectivity index (χ0v) is 9.95. The summed E-state index contributed by atoms with van der Waals surface area (Å²) in [6.45, 7) is 0.989. The topological polar surface area (TPSA) is 61.6 Å². The van der Waals surface area contributed by atoms with Crippen LogP contribution in [0.25, 0.3) is 0 Å². The van der Waals surface area contributed by atoms with E-state index in [1.807, 2.05) is 30.3 Å². The van der Waals surface area contributed by atoms with Crippen molar-refractivity contribution in [3.8, 4) is 0 Å². The highest BCUT2D eigenvalue weighted by atomic mass is 16.6. The van der Waals surface area contributed by atoms with Crippen molar-refractivity contribution in [3.63, 3.8) is 0 Å². The highest BCUT2D eigenvalue weighted by Gasteiger charge is 2.22. The Kier molecular flexibility index (Phi) is 4.30. The minimum absolute atomic E-state index is 0.0857. The second-order valence-corrected chi connectivity index (χ2v) is 4.16. The molecule has 0 amide bonds. The maximum Gasteiger partial charge on any atom is 0.280 e. The van der Waals surface area contributed by atoms with Crippen LogP contribution in [0.3, 0.4) is 0 Å². The number of rotatable bonds is 5. The van der Waals surface area contributed by atoms with E-state index in [4.69, 9.17) is 9.47 Å². The Balaban J connectivity index is 1.71. The molecule has 1 heterocycles. The van der Waals surface area contributed by atoms with Gasteiger partial charge in [-0.3, -0.25) is 10.1 Å². The summed E-state index contributed by atoms with van der Waals surface area (Å²) in [5.74, 6) is 0. The van der Waals surface area contributed by atoms with Crippen LogP contribution in [0.15, 0.2) is 42.3 Å². The van der Waals surface area contributed by atoms with Gasteiger partial charge in [0.2, 0.25) is 0 Å². The molecule has 18 heavy (non-hydrogen) atoms.